The van der Waals surface area contributed by atoms with Crippen LogP contribution in [-0.4, -0.2) is 34.6 Å². The number of nitrogens with zero attached hydrogens (tertiary/aromatic N) is 2. The normalized spacial score (nSPS) is 22.2. The molecule has 33 heavy (non-hydrogen) atoms. The van der Waals surface area contributed by atoms with E-state index in [4.69, 9.17) is 9.47 Å². The van der Waals surface area contributed by atoms with E-state index in [-0.39, 0.29) is 11.9 Å². The predicted octanol–water partition coefficient (Wildman–Crippen LogP) is 4.47. The number of nitrogens with one attached hydrogen (secondary N) is 1. The van der Waals surface area contributed by atoms with Gasteiger partial charge in [0.2, 0.25) is 5.91 Å². The lowest BCUT2D eigenvalue weighted by Gasteiger charge is -2.37. The Morgan fingerprint density at radius 2 is 1.91 bits per heavy atom. The van der Waals surface area contributed by atoms with Crippen molar-refractivity contribution in [2.75, 3.05) is 6.54 Å². The van der Waals surface area contributed by atoms with Crippen LogP contribution in [0.5, 0.6) is 5.75 Å². The van der Waals surface area contributed by atoms with E-state index in [1.165, 1.54) is 0 Å². The fourth-order valence-electron chi connectivity index (χ4n) is 4.68. The summed E-state index contributed by atoms with van der Waals surface area (Å²) in [6, 6.07) is 16.8. The molecule has 2 aromatic rings. The lowest BCUT2D eigenvalue weighted by atomic mass is 9.94. The van der Waals surface area contributed by atoms with Gasteiger partial charge in [-0.1, -0.05) is 30.3 Å². The second kappa shape index (κ2) is 8.78. The number of hydrogen-bond acceptors (Lipinski definition) is 5. The average Bonchev–Trinajstić information content (AvgIpc) is 3.35. The third-order valence-electron chi connectivity index (χ3n) is 6.24. The van der Waals surface area contributed by atoms with Crippen LogP contribution in [0.4, 0.5) is 4.79 Å². The quantitative estimate of drug-likeness (QED) is 0.747. The number of benzene rings is 2. The molecule has 0 radical (unpaired) electrons. The summed E-state index contributed by atoms with van der Waals surface area (Å²) in [7, 11) is 0. The summed E-state index contributed by atoms with van der Waals surface area (Å²) in [6.07, 6.45) is 1.41. The van der Waals surface area contributed by atoms with Crippen molar-refractivity contribution in [1.29, 1.82) is 5.26 Å². The molecule has 0 aromatic heterocycles. The summed E-state index contributed by atoms with van der Waals surface area (Å²) < 4.78 is 11.6. The van der Waals surface area contributed by atoms with Crippen LogP contribution >= 0.6 is 0 Å². The minimum absolute atomic E-state index is 0.105. The molecular formula is C26H29N3O4. The average molecular weight is 448 g/mol. The van der Waals surface area contributed by atoms with Gasteiger partial charge in [0.1, 0.15) is 23.5 Å². The molecule has 4 rings (SSSR count). The smallest absolute Gasteiger partial charge is 0.411 e. The summed E-state index contributed by atoms with van der Waals surface area (Å²) in [6.45, 7) is 6.33. The Kier molecular flexibility index (Phi) is 6.03. The van der Waals surface area contributed by atoms with Gasteiger partial charge in [0, 0.05) is 12.1 Å². The van der Waals surface area contributed by atoms with Crippen molar-refractivity contribution in [2.45, 2.75) is 63.8 Å². The second-order valence-electron chi connectivity index (χ2n) is 9.57. The van der Waals surface area contributed by atoms with E-state index >= 15 is 0 Å². The Morgan fingerprint density at radius 1 is 1.18 bits per heavy atom. The SMILES string of the molecule is CC(C)(C)OC(=O)N1[C@@H](c2ccc(OCc3ccccc3C#N)cc2)CC[C@]12CCNC2=O. The molecule has 7 nitrogen and oxygen atoms in total. The standard InChI is InChI=1S/C26H29N3O4/c1-25(2,3)33-24(31)29-22(12-13-26(29)14-15-28-23(26)30)18-8-10-21(11-9-18)32-17-20-7-5-4-6-19(20)16-27/h4-11,22H,12-15,17H2,1-3H3,(H,28,30)/t22-,26-/m1/s1. The first kappa shape index (κ1) is 22.7. The summed E-state index contributed by atoms with van der Waals surface area (Å²) >= 11 is 0. The Bertz CT molecular complexity index is 1080. The van der Waals surface area contributed by atoms with Crippen LogP contribution in [0.2, 0.25) is 0 Å². The largest absolute Gasteiger partial charge is 0.489 e. The van der Waals surface area contributed by atoms with E-state index in [9.17, 15) is 14.9 Å². The highest BCUT2D eigenvalue weighted by Gasteiger charge is 2.57. The molecule has 2 atom stereocenters. The van der Waals surface area contributed by atoms with Crippen LogP contribution in [0, 0.1) is 11.3 Å². The van der Waals surface area contributed by atoms with Crippen molar-refractivity contribution in [2.24, 2.45) is 0 Å². The lowest BCUT2D eigenvalue weighted by Crippen LogP contribution is -2.54. The molecule has 2 saturated heterocycles. The van der Waals surface area contributed by atoms with Crippen molar-refractivity contribution in [3.63, 3.8) is 0 Å². The number of nitriles is 1. The molecule has 7 heteroatoms. The molecule has 0 aliphatic carbocycles. The molecular weight excluding hydrogens is 418 g/mol. The van der Waals surface area contributed by atoms with E-state index in [1.54, 1.807) is 11.0 Å². The van der Waals surface area contributed by atoms with Crippen molar-refractivity contribution < 1.29 is 19.1 Å². The van der Waals surface area contributed by atoms with Crippen molar-refractivity contribution >= 4 is 12.0 Å². The molecule has 1 spiro atoms. The van der Waals surface area contributed by atoms with Gasteiger partial charge in [-0.05, 0) is 63.8 Å². The van der Waals surface area contributed by atoms with Crippen LogP contribution in [-0.2, 0) is 16.1 Å². The second-order valence-corrected chi connectivity index (χ2v) is 9.57. The molecule has 2 aromatic carbocycles. The van der Waals surface area contributed by atoms with E-state index in [2.05, 4.69) is 11.4 Å². The first-order valence-electron chi connectivity index (χ1n) is 11.2. The maximum absolute atomic E-state index is 13.2. The van der Waals surface area contributed by atoms with Crippen LogP contribution in [0.25, 0.3) is 0 Å². The Labute approximate surface area is 194 Å². The van der Waals surface area contributed by atoms with E-state index in [1.807, 2.05) is 63.2 Å². The number of carbonyl (C=O) groups is 2. The molecule has 0 bridgehead atoms. The minimum atomic E-state index is -0.858. The van der Waals surface area contributed by atoms with Crippen LogP contribution in [0.1, 0.15) is 62.8 Å². The molecule has 2 amide bonds. The van der Waals surface area contributed by atoms with Crippen LogP contribution < -0.4 is 10.1 Å². The van der Waals surface area contributed by atoms with E-state index in [0.29, 0.717) is 43.7 Å². The number of amides is 2. The van der Waals surface area contributed by atoms with Gasteiger partial charge >= 0.3 is 6.09 Å². The van der Waals surface area contributed by atoms with Crippen LogP contribution in [0.3, 0.4) is 0 Å². The van der Waals surface area contributed by atoms with E-state index in [0.717, 1.165) is 11.1 Å². The monoisotopic (exact) mass is 447 g/mol. The van der Waals surface area contributed by atoms with Gasteiger partial charge in [0.25, 0.3) is 0 Å². The van der Waals surface area contributed by atoms with E-state index < -0.39 is 17.2 Å². The molecule has 2 aliphatic heterocycles. The minimum Gasteiger partial charge on any atom is -0.489 e. The van der Waals surface area contributed by atoms with Crippen molar-refractivity contribution in [3.8, 4) is 11.8 Å². The summed E-state index contributed by atoms with van der Waals surface area (Å²) in [5.74, 6) is 0.564. The van der Waals surface area contributed by atoms with Crippen molar-refractivity contribution in [3.05, 3.63) is 65.2 Å². The van der Waals surface area contributed by atoms with Gasteiger partial charge in [0.15, 0.2) is 0 Å². The predicted molar refractivity (Wildman–Crippen MR) is 122 cm³/mol. The Hall–Kier alpha value is -3.53. The van der Waals surface area contributed by atoms with Gasteiger partial charge in [0.05, 0.1) is 17.7 Å². The number of hydrogen-bond donors (Lipinski definition) is 1. The fourth-order valence-corrected chi connectivity index (χ4v) is 4.68. The summed E-state index contributed by atoms with van der Waals surface area (Å²) in [5.41, 5.74) is 0.835. The van der Waals surface area contributed by atoms with Crippen LogP contribution in [0.15, 0.2) is 48.5 Å². The third-order valence-corrected chi connectivity index (χ3v) is 6.24. The zero-order valence-electron chi connectivity index (χ0n) is 19.3. The molecule has 2 aliphatic rings. The zero-order chi connectivity index (χ0) is 23.6. The summed E-state index contributed by atoms with van der Waals surface area (Å²) in [5, 5.41) is 12.1. The maximum atomic E-state index is 13.2. The van der Waals surface area contributed by atoms with Gasteiger partial charge in [-0.2, -0.15) is 5.26 Å². The number of rotatable bonds is 4. The third kappa shape index (κ3) is 4.51. The number of carbonyl (C=O) groups excluding carboxylic acids is 2. The van der Waals surface area contributed by atoms with Gasteiger partial charge in [-0.3, -0.25) is 9.69 Å². The Balaban J connectivity index is 1.54. The Morgan fingerprint density at radius 3 is 2.55 bits per heavy atom. The van der Waals surface area contributed by atoms with Crippen molar-refractivity contribution in [1.82, 2.24) is 10.2 Å². The molecule has 1 N–H and O–H groups in total. The maximum Gasteiger partial charge on any atom is 0.411 e. The highest BCUT2D eigenvalue weighted by atomic mass is 16.6. The molecule has 2 fully saturated rings. The van der Waals surface area contributed by atoms with Gasteiger partial charge < -0.3 is 14.8 Å². The highest BCUT2D eigenvalue weighted by molar-refractivity contribution is 5.92. The molecule has 0 unspecified atom stereocenters. The molecule has 172 valence electrons. The first-order valence-corrected chi connectivity index (χ1v) is 11.2. The summed E-state index contributed by atoms with van der Waals surface area (Å²) in [4.78, 5) is 27.6. The fraction of sp³-hybridized carbons (Fsp3) is 0.423. The number of likely N-dealkylation sites (tertiary alicyclic amines) is 1. The molecule has 0 saturated carbocycles. The highest BCUT2D eigenvalue weighted by Crippen LogP contribution is 2.47. The lowest BCUT2D eigenvalue weighted by molar-refractivity contribution is -0.129. The molecule has 2 heterocycles. The van der Waals surface area contributed by atoms with Gasteiger partial charge in [-0.15, -0.1) is 0 Å². The first-order chi connectivity index (χ1) is 15.7. The van der Waals surface area contributed by atoms with Gasteiger partial charge in [-0.25, -0.2) is 4.79 Å². The number of ether oxygens (including phenoxy) is 2. The zero-order valence-corrected chi connectivity index (χ0v) is 19.3. The topological polar surface area (TPSA) is 91.7 Å².